The number of carbonyl (C=O) groups excluding carboxylic acids is 2. The quantitative estimate of drug-likeness (QED) is 0.725. The number of nitrogens with zero attached hydrogens (tertiary/aromatic N) is 2. The summed E-state index contributed by atoms with van der Waals surface area (Å²) < 4.78 is 33.2. The second-order valence-corrected chi connectivity index (χ2v) is 9.53. The van der Waals surface area contributed by atoms with Crippen molar-refractivity contribution < 1.29 is 22.7 Å². The Hall–Kier alpha value is -2.82. The summed E-state index contributed by atoms with van der Waals surface area (Å²) in [6.45, 7) is 2.31. The molecule has 1 atom stereocenters. The number of piperazine rings is 1. The summed E-state index contributed by atoms with van der Waals surface area (Å²) in [5.41, 5.74) is 0.999. The highest BCUT2D eigenvalue weighted by Gasteiger charge is 2.34. The van der Waals surface area contributed by atoms with Crippen molar-refractivity contribution in [3.05, 3.63) is 47.5 Å². The van der Waals surface area contributed by atoms with Gasteiger partial charge in [0.2, 0.25) is 10.0 Å². The van der Waals surface area contributed by atoms with E-state index >= 15 is 0 Å². The number of halogens is 1. The Balaban J connectivity index is 1.46. The van der Waals surface area contributed by atoms with Crippen molar-refractivity contribution in [3.8, 4) is 5.75 Å². The molecule has 0 saturated carbocycles. The lowest BCUT2D eigenvalue weighted by Crippen LogP contribution is -2.51. The molecule has 2 aliphatic rings. The minimum Gasteiger partial charge on any atom is -0.479 e. The van der Waals surface area contributed by atoms with Gasteiger partial charge in [0, 0.05) is 37.9 Å². The number of urea groups is 1. The number of anilines is 2. The zero-order valence-corrected chi connectivity index (χ0v) is 18.2. The van der Waals surface area contributed by atoms with E-state index < -0.39 is 16.1 Å². The van der Waals surface area contributed by atoms with Crippen LogP contribution in [0.15, 0.2) is 47.4 Å². The number of sulfonamides is 1. The standard InChI is InChI=1S/C20H21ClN4O5S/c1-13-19(26)23-16-11-15(21)18(12-17(16)30-13)31(28,29)25-9-7-24(8-10-25)20(27)22-14-5-3-2-4-6-14/h2-6,11-13H,7-10H2,1H3,(H,22,27)(H,23,26)/t13-/m1/s1. The molecular formula is C20H21ClN4O5S. The summed E-state index contributed by atoms with van der Waals surface area (Å²) in [6.07, 6.45) is -0.740. The highest BCUT2D eigenvalue weighted by atomic mass is 35.5. The van der Waals surface area contributed by atoms with E-state index in [4.69, 9.17) is 16.3 Å². The van der Waals surface area contributed by atoms with Crippen molar-refractivity contribution >= 4 is 44.9 Å². The number of fused-ring (bicyclic) bond motifs is 1. The summed E-state index contributed by atoms with van der Waals surface area (Å²) in [5.74, 6) is -0.0833. The zero-order valence-electron chi connectivity index (χ0n) is 16.7. The van der Waals surface area contributed by atoms with Crippen LogP contribution in [0.25, 0.3) is 0 Å². The van der Waals surface area contributed by atoms with Gasteiger partial charge in [0.15, 0.2) is 6.10 Å². The molecule has 0 bridgehead atoms. The SMILES string of the molecule is C[C@H]1Oc2cc(S(=O)(=O)N3CCN(C(=O)Nc4ccccc4)CC3)c(Cl)cc2NC1=O. The van der Waals surface area contributed by atoms with Crippen molar-refractivity contribution in [2.24, 2.45) is 0 Å². The van der Waals surface area contributed by atoms with Gasteiger partial charge in [-0.15, -0.1) is 0 Å². The fourth-order valence-electron chi connectivity index (χ4n) is 3.40. The lowest BCUT2D eigenvalue weighted by molar-refractivity contribution is -0.122. The van der Waals surface area contributed by atoms with Crippen LogP contribution in [0.2, 0.25) is 5.02 Å². The summed E-state index contributed by atoms with van der Waals surface area (Å²) in [7, 11) is -3.91. The second-order valence-electron chi connectivity index (χ2n) is 7.22. The molecule has 2 aromatic rings. The molecule has 0 unspecified atom stereocenters. The van der Waals surface area contributed by atoms with Crippen molar-refractivity contribution in [2.75, 3.05) is 36.8 Å². The number of benzene rings is 2. The van der Waals surface area contributed by atoms with Gasteiger partial charge in [-0.2, -0.15) is 4.31 Å². The molecule has 2 aromatic carbocycles. The van der Waals surface area contributed by atoms with Crippen molar-refractivity contribution in [3.63, 3.8) is 0 Å². The molecule has 2 N–H and O–H groups in total. The van der Waals surface area contributed by atoms with Gasteiger partial charge in [0.05, 0.1) is 10.7 Å². The van der Waals surface area contributed by atoms with Gasteiger partial charge in [-0.1, -0.05) is 29.8 Å². The summed E-state index contributed by atoms with van der Waals surface area (Å²) >= 11 is 6.23. The first-order valence-corrected chi connectivity index (χ1v) is 11.5. The molecule has 11 heteroatoms. The molecule has 0 spiro atoms. The zero-order chi connectivity index (χ0) is 22.2. The van der Waals surface area contributed by atoms with E-state index in [1.54, 1.807) is 24.0 Å². The Morgan fingerprint density at radius 1 is 1.16 bits per heavy atom. The van der Waals surface area contributed by atoms with Gasteiger partial charge in [-0.05, 0) is 25.1 Å². The lowest BCUT2D eigenvalue weighted by atomic mass is 10.2. The molecule has 1 saturated heterocycles. The molecule has 1 fully saturated rings. The molecule has 31 heavy (non-hydrogen) atoms. The number of nitrogens with one attached hydrogen (secondary N) is 2. The maximum atomic E-state index is 13.2. The van der Waals surface area contributed by atoms with Crippen LogP contribution in [0.5, 0.6) is 5.75 Å². The minimum atomic E-state index is -3.91. The summed E-state index contributed by atoms with van der Waals surface area (Å²) in [4.78, 5) is 25.7. The first-order chi connectivity index (χ1) is 14.8. The largest absolute Gasteiger partial charge is 0.479 e. The third kappa shape index (κ3) is 4.32. The Kier molecular flexibility index (Phi) is 5.78. The number of para-hydroxylation sites is 1. The van der Waals surface area contributed by atoms with E-state index in [-0.39, 0.29) is 53.8 Å². The fourth-order valence-corrected chi connectivity index (χ4v) is 5.34. The van der Waals surface area contributed by atoms with Gasteiger partial charge < -0.3 is 20.3 Å². The van der Waals surface area contributed by atoms with Gasteiger partial charge in [-0.3, -0.25) is 4.79 Å². The molecule has 3 amide bonds. The lowest BCUT2D eigenvalue weighted by Gasteiger charge is -2.34. The normalized spacial score (nSPS) is 19.2. The summed E-state index contributed by atoms with van der Waals surface area (Å²) in [5, 5.41) is 5.42. The van der Waals surface area contributed by atoms with Crippen LogP contribution in [-0.2, 0) is 14.8 Å². The van der Waals surface area contributed by atoms with Gasteiger partial charge in [-0.25, -0.2) is 13.2 Å². The average Bonchev–Trinajstić information content (AvgIpc) is 2.75. The van der Waals surface area contributed by atoms with Gasteiger partial charge in [0.1, 0.15) is 10.6 Å². The van der Waals surface area contributed by atoms with E-state index in [1.807, 2.05) is 18.2 Å². The maximum Gasteiger partial charge on any atom is 0.321 e. The van der Waals surface area contributed by atoms with Crippen LogP contribution in [0, 0.1) is 0 Å². The fraction of sp³-hybridized carbons (Fsp3) is 0.300. The minimum absolute atomic E-state index is 0.0125. The van der Waals surface area contributed by atoms with Crippen molar-refractivity contribution in [1.29, 1.82) is 0 Å². The Morgan fingerprint density at radius 2 is 1.84 bits per heavy atom. The molecule has 2 aliphatic heterocycles. The van der Waals surface area contributed by atoms with Crippen LogP contribution in [0.3, 0.4) is 0 Å². The topological polar surface area (TPSA) is 108 Å². The van der Waals surface area contributed by atoms with Crippen molar-refractivity contribution in [2.45, 2.75) is 17.9 Å². The number of hydrogen-bond donors (Lipinski definition) is 2. The van der Waals surface area contributed by atoms with Crippen LogP contribution in [-0.4, -0.2) is 61.8 Å². The summed E-state index contributed by atoms with van der Waals surface area (Å²) in [6, 6.07) is 11.5. The first-order valence-electron chi connectivity index (χ1n) is 9.68. The maximum absolute atomic E-state index is 13.2. The number of rotatable bonds is 3. The molecule has 9 nitrogen and oxygen atoms in total. The number of hydrogen-bond acceptors (Lipinski definition) is 5. The number of carbonyl (C=O) groups is 2. The van der Waals surface area contributed by atoms with E-state index in [1.165, 1.54) is 16.4 Å². The van der Waals surface area contributed by atoms with E-state index in [9.17, 15) is 18.0 Å². The van der Waals surface area contributed by atoms with Crippen LogP contribution in [0.4, 0.5) is 16.2 Å². The smallest absolute Gasteiger partial charge is 0.321 e. The molecular weight excluding hydrogens is 444 g/mol. The Labute approximate surface area is 185 Å². The average molecular weight is 465 g/mol. The molecule has 2 heterocycles. The van der Waals surface area contributed by atoms with Crippen LogP contribution in [0.1, 0.15) is 6.92 Å². The van der Waals surface area contributed by atoms with E-state index in [0.717, 1.165) is 0 Å². The van der Waals surface area contributed by atoms with E-state index in [2.05, 4.69) is 10.6 Å². The van der Waals surface area contributed by atoms with Gasteiger partial charge in [0.25, 0.3) is 5.91 Å². The molecule has 0 radical (unpaired) electrons. The number of amides is 3. The predicted molar refractivity (Wildman–Crippen MR) is 116 cm³/mol. The third-order valence-corrected chi connectivity index (χ3v) is 7.50. The predicted octanol–water partition coefficient (Wildman–Crippen LogP) is 2.60. The molecule has 164 valence electrons. The highest BCUT2D eigenvalue weighted by molar-refractivity contribution is 7.89. The van der Waals surface area contributed by atoms with Crippen molar-refractivity contribution in [1.82, 2.24) is 9.21 Å². The Bertz CT molecular complexity index is 1120. The third-order valence-electron chi connectivity index (χ3n) is 5.13. The second kappa shape index (κ2) is 8.37. The Morgan fingerprint density at radius 3 is 2.52 bits per heavy atom. The molecule has 0 aromatic heterocycles. The first kappa shape index (κ1) is 21.4. The van der Waals surface area contributed by atoms with Gasteiger partial charge >= 0.3 is 6.03 Å². The van der Waals surface area contributed by atoms with E-state index in [0.29, 0.717) is 11.4 Å². The highest BCUT2D eigenvalue weighted by Crippen LogP contribution is 2.38. The van der Waals surface area contributed by atoms with Crippen LogP contribution >= 0.6 is 11.6 Å². The van der Waals surface area contributed by atoms with Crippen LogP contribution < -0.4 is 15.4 Å². The number of ether oxygens (including phenoxy) is 1. The monoisotopic (exact) mass is 464 g/mol. The molecule has 0 aliphatic carbocycles. The molecule has 4 rings (SSSR count).